The molecule has 0 radical (unpaired) electrons. The zero-order chi connectivity index (χ0) is 21.3. The fraction of sp³-hybridized carbons (Fsp3) is 0.364. The molecule has 0 aliphatic carbocycles. The Morgan fingerprint density at radius 1 is 1.17 bits per heavy atom. The summed E-state index contributed by atoms with van der Waals surface area (Å²) >= 11 is 1.29. The summed E-state index contributed by atoms with van der Waals surface area (Å²) in [5.74, 6) is -1.18. The quantitative estimate of drug-likeness (QED) is 0.530. The van der Waals surface area contributed by atoms with Crippen molar-refractivity contribution in [1.29, 1.82) is 0 Å². The molecular formula is C22H25N3O4S. The number of thiophene rings is 1. The van der Waals surface area contributed by atoms with E-state index < -0.39 is 18.0 Å². The van der Waals surface area contributed by atoms with Crippen molar-refractivity contribution in [2.45, 2.75) is 37.8 Å². The van der Waals surface area contributed by atoms with E-state index in [1.807, 2.05) is 30.3 Å². The Bertz CT molecular complexity index is 870. The summed E-state index contributed by atoms with van der Waals surface area (Å²) in [5.41, 5.74) is 0.887. The number of hydrogen-bond donors (Lipinski definition) is 3. The number of amides is 3. The van der Waals surface area contributed by atoms with E-state index in [0.29, 0.717) is 30.5 Å². The van der Waals surface area contributed by atoms with E-state index >= 15 is 0 Å². The summed E-state index contributed by atoms with van der Waals surface area (Å²) in [6, 6.07) is 11.2. The molecule has 3 atom stereocenters. The number of benzene rings is 1. The number of hydrogen-bond acceptors (Lipinski definition) is 5. The van der Waals surface area contributed by atoms with Gasteiger partial charge in [-0.25, -0.2) is 0 Å². The average molecular weight is 428 g/mol. The standard InChI is InChI=1S/C22H25N3O4S/c26-14-17(13-16-8-4-10-23-20(16)27)24-21(28)18(12-15-6-2-1-3-7-15)25-22(29)19-9-5-11-30-19/h1-3,5-7,9,11,14,16-18H,4,8,10,12-13H2,(H,23,27)(H,24,28)(H,25,29)/t16-,17-,18-/m0/s1. The van der Waals surface area contributed by atoms with Gasteiger partial charge in [0.05, 0.1) is 10.9 Å². The third-order valence-electron chi connectivity index (χ3n) is 5.08. The third-order valence-corrected chi connectivity index (χ3v) is 5.95. The number of piperidine rings is 1. The van der Waals surface area contributed by atoms with Crippen molar-refractivity contribution in [3.63, 3.8) is 0 Å². The molecular weight excluding hydrogens is 402 g/mol. The van der Waals surface area contributed by atoms with Crippen molar-refractivity contribution < 1.29 is 19.2 Å². The van der Waals surface area contributed by atoms with Gasteiger partial charge in [0.15, 0.2) is 0 Å². The van der Waals surface area contributed by atoms with Gasteiger partial charge in [0, 0.05) is 18.9 Å². The third kappa shape index (κ3) is 6.00. The summed E-state index contributed by atoms with van der Waals surface area (Å²) in [6.07, 6.45) is 2.73. The van der Waals surface area contributed by atoms with E-state index in [1.54, 1.807) is 17.5 Å². The van der Waals surface area contributed by atoms with Crippen LogP contribution in [0.1, 0.15) is 34.5 Å². The Balaban J connectivity index is 1.68. The molecule has 1 fully saturated rings. The van der Waals surface area contributed by atoms with Gasteiger partial charge in [0.25, 0.3) is 5.91 Å². The first-order valence-electron chi connectivity index (χ1n) is 9.98. The molecule has 8 heteroatoms. The molecule has 0 spiro atoms. The maximum absolute atomic E-state index is 13.0. The van der Waals surface area contributed by atoms with E-state index in [2.05, 4.69) is 16.0 Å². The zero-order valence-electron chi connectivity index (χ0n) is 16.5. The topological polar surface area (TPSA) is 104 Å². The predicted molar refractivity (Wildman–Crippen MR) is 114 cm³/mol. The second-order valence-corrected chi connectivity index (χ2v) is 8.26. The minimum absolute atomic E-state index is 0.0887. The SMILES string of the molecule is O=C[C@H](C[C@@H]1CCCNC1=O)NC(=O)[C@H](Cc1ccccc1)NC(=O)c1cccs1. The molecule has 1 aromatic heterocycles. The van der Waals surface area contributed by atoms with Crippen LogP contribution in [0.15, 0.2) is 47.8 Å². The van der Waals surface area contributed by atoms with Gasteiger partial charge in [-0.05, 0) is 36.3 Å². The maximum atomic E-state index is 13.0. The highest BCUT2D eigenvalue weighted by atomic mass is 32.1. The van der Waals surface area contributed by atoms with Crippen molar-refractivity contribution in [2.24, 2.45) is 5.92 Å². The van der Waals surface area contributed by atoms with Crippen molar-refractivity contribution in [2.75, 3.05) is 6.54 Å². The van der Waals surface area contributed by atoms with Crippen LogP contribution in [0, 0.1) is 5.92 Å². The van der Waals surface area contributed by atoms with Crippen LogP contribution in [-0.4, -0.2) is 42.6 Å². The first-order valence-corrected chi connectivity index (χ1v) is 10.9. The van der Waals surface area contributed by atoms with Gasteiger partial charge >= 0.3 is 0 Å². The van der Waals surface area contributed by atoms with Crippen molar-refractivity contribution in [1.82, 2.24) is 16.0 Å². The van der Waals surface area contributed by atoms with E-state index in [1.165, 1.54) is 11.3 Å². The number of nitrogens with one attached hydrogen (secondary N) is 3. The van der Waals surface area contributed by atoms with Gasteiger partial charge < -0.3 is 20.7 Å². The highest BCUT2D eigenvalue weighted by Gasteiger charge is 2.29. The molecule has 7 nitrogen and oxygen atoms in total. The van der Waals surface area contributed by atoms with E-state index in [-0.39, 0.29) is 24.2 Å². The van der Waals surface area contributed by atoms with Crippen LogP contribution in [0.5, 0.6) is 0 Å². The molecule has 0 saturated carbocycles. The van der Waals surface area contributed by atoms with Gasteiger partial charge in [-0.2, -0.15) is 0 Å². The van der Waals surface area contributed by atoms with Gasteiger partial charge in [0.1, 0.15) is 12.3 Å². The summed E-state index contributed by atoms with van der Waals surface area (Å²) in [5, 5.41) is 10.1. The fourth-order valence-electron chi connectivity index (χ4n) is 3.49. The molecule has 0 unspecified atom stereocenters. The highest BCUT2D eigenvalue weighted by molar-refractivity contribution is 7.12. The second-order valence-electron chi connectivity index (χ2n) is 7.31. The lowest BCUT2D eigenvalue weighted by atomic mass is 9.92. The Morgan fingerprint density at radius 3 is 2.63 bits per heavy atom. The Hall–Kier alpha value is -3.00. The minimum atomic E-state index is -0.843. The molecule has 2 aromatic rings. The molecule has 158 valence electrons. The molecule has 2 heterocycles. The van der Waals surface area contributed by atoms with E-state index in [4.69, 9.17) is 0 Å². The minimum Gasteiger partial charge on any atom is -0.356 e. The monoisotopic (exact) mass is 427 g/mol. The first-order chi connectivity index (χ1) is 14.6. The molecule has 0 bridgehead atoms. The Morgan fingerprint density at radius 2 is 1.97 bits per heavy atom. The normalized spacial score (nSPS) is 18.0. The van der Waals surface area contributed by atoms with Crippen molar-refractivity contribution >= 4 is 35.3 Å². The van der Waals surface area contributed by atoms with E-state index in [0.717, 1.165) is 12.0 Å². The van der Waals surface area contributed by atoms with Crippen LogP contribution in [0.3, 0.4) is 0 Å². The number of rotatable bonds is 9. The maximum Gasteiger partial charge on any atom is 0.262 e. The lowest BCUT2D eigenvalue weighted by Gasteiger charge is -2.26. The molecule has 1 aliphatic rings. The summed E-state index contributed by atoms with van der Waals surface area (Å²) in [6.45, 7) is 0.640. The van der Waals surface area contributed by atoms with Crippen LogP contribution in [0.25, 0.3) is 0 Å². The zero-order valence-corrected chi connectivity index (χ0v) is 17.3. The van der Waals surface area contributed by atoms with Crippen LogP contribution < -0.4 is 16.0 Å². The fourth-order valence-corrected chi connectivity index (χ4v) is 4.12. The molecule has 3 amide bonds. The van der Waals surface area contributed by atoms with Crippen LogP contribution in [0.4, 0.5) is 0 Å². The number of carbonyl (C=O) groups is 4. The molecule has 1 saturated heterocycles. The largest absolute Gasteiger partial charge is 0.356 e. The molecule has 1 aliphatic heterocycles. The second kappa shape index (κ2) is 10.7. The van der Waals surface area contributed by atoms with E-state index in [9.17, 15) is 19.2 Å². The van der Waals surface area contributed by atoms with Gasteiger partial charge in [-0.3, -0.25) is 14.4 Å². The summed E-state index contributed by atoms with van der Waals surface area (Å²) in [4.78, 5) is 49.6. The van der Waals surface area contributed by atoms with Gasteiger partial charge in [-0.1, -0.05) is 36.4 Å². The highest BCUT2D eigenvalue weighted by Crippen LogP contribution is 2.17. The van der Waals surface area contributed by atoms with Gasteiger partial charge in [0.2, 0.25) is 11.8 Å². The summed E-state index contributed by atoms with van der Waals surface area (Å²) in [7, 11) is 0. The molecule has 3 rings (SSSR count). The summed E-state index contributed by atoms with van der Waals surface area (Å²) < 4.78 is 0. The van der Waals surface area contributed by atoms with Crippen LogP contribution in [-0.2, 0) is 20.8 Å². The first kappa shape index (κ1) is 21.7. The van der Waals surface area contributed by atoms with Crippen LogP contribution >= 0.6 is 11.3 Å². The van der Waals surface area contributed by atoms with Crippen LogP contribution in [0.2, 0.25) is 0 Å². The molecule has 30 heavy (non-hydrogen) atoms. The lowest BCUT2D eigenvalue weighted by Crippen LogP contribution is -2.52. The molecule has 3 N–H and O–H groups in total. The predicted octanol–water partition coefficient (Wildman–Crippen LogP) is 1.69. The number of aldehydes is 1. The van der Waals surface area contributed by atoms with Gasteiger partial charge in [-0.15, -0.1) is 11.3 Å². The van der Waals surface area contributed by atoms with Crippen molar-refractivity contribution in [3.05, 3.63) is 58.3 Å². The number of carbonyl (C=O) groups excluding carboxylic acids is 4. The van der Waals surface area contributed by atoms with Crippen molar-refractivity contribution in [3.8, 4) is 0 Å². The Kier molecular flexibility index (Phi) is 7.73. The average Bonchev–Trinajstić information content (AvgIpc) is 3.30. The Labute approximate surface area is 179 Å². The lowest BCUT2D eigenvalue weighted by molar-refractivity contribution is -0.129. The smallest absolute Gasteiger partial charge is 0.262 e. The molecule has 1 aromatic carbocycles.